The van der Waals surface area contributed by atoms with Gasteiger partial charge in [-0.25, -0.2) is 0 Å². The molecule has 1 aromatic rings. The van der Waals surface area contributed by atoms with Gasteiger partial charge in [-0.3, -0.25) is 4.79 Å². The van der Waals surface area contributed by atoms with Gasteiger partial charge in [0.2, 0.25) is 0 Å². The summed E-state index contributed by atoms with van der Waals surface area (Å²) in [5.41, 5.74) is 1.18. The lowest BCUT2D eigenvalue weighted by molar-refractivity contribution is -0.118. The van der Waals surface area contributed by atoms with Crippen molar-refractivity contribution in [1.82, 2.24) is 0 Å². The van der Waals surface area contributed by atoms with Crippen LogP contribution in [0, 0.1) is 0 Å². The number of hydrogen-bond acceptors (Lipinski definition) is 3. The number of allylic oxidation sites excluding steroid dienone is 1. The highest BCUT2D eigenvalue weighted by Gasteiger charge is 2.15. The van der Waals surface area contributed by atoms with Crippen LogP contribution in [-0.4, -0.2) is 18.5 Å². The maximum atomic E-state index is 11.1. The lowest BCUT2D eigenvalue weighted by Crippen LogP contribution is -2.19. The van der Waals surface area contributed by atoms with E-state index in [0.717, 1.165) is 12.8 Å². The first kappa shape index (κ1) is 12.8. The summed E-state index contributed by atoms with van der Waals surface area (Å²) < 4.78 is 10.9. The number of ketones is 1. The van der Waals surface area contributed by atoms with Crippen molar-refractivity contribution in [2.24, 2.45) is 0 Å². The Labute approximate surface area is 107 Å². The highest BCUT2D eigenvalue weighted by atomic mass is 16.5. The normalized spacial score (nSPS) is 18.7. The zero-order chi connectivity index (χ0) is 12.6. The van der Waals surface area contributed by atoms with Crippen LogP contribution in [0.3, 0.4) is 0 Å². The van der Waals surface area contributed by atoms with Crippen LogP contribution in [0.15, 0.2) is 42.7 Å². The molecule has 0 radical (unpaired) electrons. The molecule has 3 nitrogen and oxygen atoms in total. The molecule has 0 bridgehead atoms. The summed E-state index contributed by atoms with van der Waals surface area (Å²) in [7, 11) is 0. The van der Waals surface area contributed by atoms with Crippen LogP contribution in [0.4, 0.5) is 0 Å². The fourth-order valence-corrected chi connectivity index (χ4v) is 1.91. The second-order valence-electron chi connectivity index (χ2n) is 4.41. The number of carbonyl (C=O) groups is 1. The van der Waals surface area contributed by atoms with Gasteiger partial charge < -0.3 is 9.47 Å². The van der Waals surface area contributed by atoms with Gasteiger partial charge in [0.1, 0.15) is 6.10 Å². The van der Waals surface area contributed by atoms with Crippen LogP contribution in [0.25, 0.3) is 0 Å². The zero-order valence-electron chi connectivity index (χ0n) is 10.4. The lowest BCUT2D eigenvalue weighted by atomic mass is 10.1. The van der Waals surface area contributed by atoms with Crippen LogP contribution in [-0.2, 0) is 20.9 Å². The third-order valence-electron chi connectivity index (χ3n) is 2.88. The minimum absolute atomic E-state index is 0.0304. The van der Waals surface area contributed by atoms with Crippen molar-refractivity contribution in [3.8, 4) is 0 Å². The molecule has 0 fully saturated rings. The Morgan fingerprint density at radius 3 is 2.89 bits per heavy atom. The Morgan fingerprint density at radius 2 is 2.11 bits per heavy atom. The first-order valence-electron chi connectivity index (χ1n) is 6.31. The van der Waals surface area contributed by atoms with Crippen molar-refractivity contribution in [2.75, 3.05) is 6.61 Å². The van der Waals surface area contributed by atoms with Crippen molar-refractivity contribution < 1.29 is 14.3 Å². The molecular weight excluding hydrogens is 228 g/mol. The Hall–Kier alpha value is -1.61. The van der Waals surface area contributed by atoms with E-state index in [9.17, 15) is 4.79 Å². The predicted octanol–water partition coefficient (Wildman–Crippen LogP) is 2.86. The number of hydrogen-bond donors (Lipinski definition) is 0. The van der Waals surface area contributed by atoms with E-state index < -0.39 is 0 Å². The second kappa shape index (κ2) is 6.97. The average molecular weight is 246 g/mol. The third-order valence-corrected chi connectivity index (χ3v) is 2.88. The van der Waals surface area contributed by atoms with E-state index in [2.05, 4.69) is 0 Å². The molecule has 1 aromatic carbocycles. The summed E-state index contributed by atoms with van der Waals surface area (Å²) in [4.78, 5) is 11.1. The Morgan fingerprint density at radius 1 is 1.28 bits per heavy atom. The number of ether oxygens (including phenoxy) is 2. The minimum atomic E-state index is 0.0304. The molecule has 1 aliphatic heterocycles. The fraction of sp³-hybridized carbons (Fsp3) is 0.400. The van der Waals surface area contributed by atoms with E-state index in [4.69, 9.17) is 9.47 Å². The van der Waals surface area contributed by atoms with Crippen molar-refractivity contribution in [3.63, 3.8) is 0 Å². The quantitative estimate of drug-likeness (QED) is 0.724. The monoisotopic (exact) mass is 246 g/mol. The van der Waals surface area contributed by atoms with Gasteiger partial charge >= 0.3 is 0 Å². The summed E-state index contributed by atoms with van der Waals surface area (Å²) in [5, 5.41) is 0. The standard InChI is InChI=1S/C15H18O3/c16-14-8-10-18-15(11-14)7-4-9-17-12-13-5-2-1-3-6-13/h1-3,5-6,8,10,15H,4,7,9,11-12H2. The van der Waals surface area contributed by atoms with E-state index in [0.29, 0.717) is 19.6 Å². The summed E-state index contributed by atoms with van der Waals surface area (Å²) in [6.45, 7) is 1.35. The summed E-state index contributed by atoms with van der Waals surface area (Å²) in [6.07, 6.45) is 5.30. The molecule has 96 valence electrons. The van der Waals surface area contributed by atoms with E-state index in [-0.39, 0.29) is 11.9 Å². The van der Waals surface area contributed by atoms with Crippen LogP contribution >= 0.6 is 0 Å². The van der Waals surface area contributed by atoms with Crippen LogP contribution in [0.1, 0.15) is 24.8 Å². The van der Waals surface area contributed by atoms with Crippen LogP contribution in [0.2, 0.25) is 0 Å². The Balaban J connectivity index is 1.56. The molecule has 1 atom stereocenters. The van der Waals surface area contributed by atoms with E-state index in [1.807, 2.05) is 30.3 Å². The number of rotatable bonds is 6. The predicted molar refractivity (Wildman–Crippen MR) is 69.0 cm³/mol. The number of benzene rings is 1. The molecule has 0 spiro atoms. The molecule has 1 unspecified atom stereocenters. The van der Waals surface area contributed by atoms with Crippen molar-refractivity contribution in [3.05, 3.63) is 48.2 Å². The molecule has 2 rings (SSSR count). The molecule has 0 aliphatic carbocycles. The van der Waals surface area contributed by atoms with Gasteiger partial charge in [0, 0.05) is 19.1 Å². The minimum Gasteiger partial charge on any atom is -0.497 e. The largest absolute Gasteiger partial charge is 0.497 e. The van der Waals surface area contributed by atoms with Crippen molar-refractivity contribution >= 4 is 5.78 Å². The van der Waals surface area contributed by atoms with E-state index in [1.54, 1.807) is 0 Å². The highest BCUT2D eigenvalue weighted by Crippen LogP contribution is 2.13. The van der Waals surface area contributed by atoms with Gasteiger partial charge in [0.25, 0.3) is 0 Å². The SMILES string of the molecule is O=C1C=COC(CCCOCc2ccccc2)C1. The van der Waals surface area contributed by atoms with Gasteiger partial charge in [-0.05, 0) is 18.4 Å². The van der Waals surface area contributed by atoms with Gasteiger partial charge in [-0.15, -0.1) is 0 Å². The van der Waals surface area contributed by atoms with Gasteiger partial charge in [-0.1, -0.05) is 30.3 Å². The first-order chi connectivity index (χ1) is 8.84. The molecule has 0 aromatic heterocycles. The highest BCUT2D eigenvalue weighted by molar-refractivity contribution is 5.90. The third kappa shape index (κ3) is 4.34. The molecular formula is C15H18O3. The maximum absolute atomic E-state index is 11.1. The molecule has 1 heterocycles. The average Bonchev–Trinajstić information content (AvgIpc) is 2.40. The Bertz CT molecular complexity index is 397. The molecule has 0 amide bonds. The molecule has 0 saturated carbocycles. The van der Waals surface area contributed by atoms with Gasteiger partial charge in [0.15, 0.2) is 5.78 Å². The molecule has 3 heteroatoms. The zero-order valence-corrected chi connectivity index (χ0v) is 10.4. The summed E-state index contributed by atoms with van der Waals surface area (Å²) >= 11 is 0. The fourth-order valence-electron chi connectivity index (χ4n) is 1.91. The van der Waals surface area contributed by atoms with Crippen molar-refractivity contribution in [2.45, 2.75) is 32.0 Å². The lowest BCUT2D eigenvalue weighted by Gasteiger charge is -2.18. The van der Waals surface area contributed by atoms with Crippen LogP contribution < -0.4 is 0 Å². The summed E-state index contributed by atoms with van der Waals surface area (Å²) in [6, 6.07) is 10.1. The topological polar surface area (TPSA) is 35.5 Å². The molecule has 1 aliphatic rings. The summed E-state index contributed by atoms with van der Waals surface area (Å²) in [5.74, 6) is 0.149. The molecule has 18 heavy (non-hydrogen) atoms. The van der Waals surface area contributed by atoms with Gasteiger partial charge in [0.05, 0.1) is 12.9 Å². The smallest absolute Gasteiger partial charge is 0.162 e. The van der Waals surface area contributed by atoms with Crippen molar-refractivity contribution in [1.29, 1.82) is 0 Å². The second-order valence-corrected chi connectivity index (χ2v) is 4.41. The first-order valence-corrected chi connectivity index (χ1v) is 6.31. The number of carbonyl (C=O) groups excluding carboxylic acids is 1. The molecule has 0 N–H and O–H groups in total. The van der Waals surface area contributed by atoms with Crippen LogP contribution in [0.5, 0.6) is 0 Å². The Kier molecular flexibility index (Phi) is 4.97. The maximum Gasteiger partial charge on any atom is 0.162 e. The molecule has 0 saturated heterocycles. The van der Waals surface area contributed by atoms with Gasteiger partial charge in [-0.2, -0.15) is 0 Å². The van der Waals surface area contributed by atoms with E-state index in [1.165, 1.54) is 17.9 Å². The van der Waals surface area contributed by atoms with E-state index >= 15 is 0 Å².